The molecule has 1 aromatic heterocycles. The summed E-state index contributed by atoms with van der Waals surface area (Å²) in [5.41, 5.74) is 1.07. The topological polar surface area (TPSA) is 60.2 Å². The van der Waals surface area contributed by atoms with Crippen LogP contribution in [-0.2, 0) is 15.6 Å². The van der Waals surface area contributed by atoms with Crippen LogP contribution >= 0.6 is 11.6 Å². The fourth-order valence-electron chi connectivity index (χ4n) is 1.82. The molecule has 16 heavy (non-hydrogen) atoms. The molecule has 0 saturated heterocycles. The van der Waals surface area contributed by atoms with Gasteiger partial charge in [-0.15, -0.1) is 0 Å². The van der Waals surface area contributed by atoms with Crippen LogP contribution in [0.4, 0.5) is 0 Å². The first-order chi connectivity index (χ1) is 7.58. The molecule has 2 heterocycles. The standard InChI is InChI=1S/C10H6ClNO3S/c11-7-1-2-9-8(3-7)10-6(4-12-15-10)5-16(9,13)14/h1-4H,5H2. The van der Waals surface area contributed by atoms with Gasteiger partial charge in [-0.25, -0.2) is 8.42 Å². The lowest BCUT2D eigenvalue weighted by atomic mass is 10.1. The molecule has 0 N–H and O–H groups in total. The fraction of sp³-hybridized carbons (Fsp3) is 0.100. The minimum Gasteiger partial charge on any atom is -0.356 e. The van der Waals surface area contributed by atoms with Gasteiger partial charge in [-0.05, 0) is 18.2 Å². The highest BCUT2D eigenvalue weighted by Crippen LogP contribution is 2.38. The van der Waals surface area contributed by atoms with E-state index in [9.17, 15) is 8.42 Å². The van der Waals surface area contributed by atoms with Crippen molar-refractivity contribution in [3.8, 4) is 11.3 Å². The molecular formula is C10H6ClNO3S. The summed E-state index contributed by atoms with van der Waals surface area (Å²) in [5.74, 6) is 0.424. The summed E-state index contributed by atoms with van der Waals surface area (Å²) in [7, 11) is -3.30. The Morgan fingerprint density at radius 1 is 1.38 bits per heavy atom. The number of nitrogens with zero attached hydrogens (tertiary/aromatic N) is 1. The van der Waals surface area contributed by atoms with Crippen molar-refractivity contribution in [2.45, 2.75) is 10.6 Å². The number of benzene rings is 1. The second-order valence-corrected chi connectivity index (χ2v) is 5.97. The maximum Gasteiger partial charge on any atom is 0.183 e. The first-order valence-corrected chi connectivity index (χ1v) is 6.57. The van der Waals surface area contributed by atoms with Gasteiger partial charge >= 0.3 is 0 Å². The van der Waals surface area contributed by atoms with Gasteiger partial charge in [0, 0.05) is 16.1 Å². The Morgan fingerprint density at radius 3 is 3.00 bits per heavy atom. The molecule has 0 atom stereocenters. The summed E-state index contributed by atoms with van der Waals surface area (Å²) in [6.45, 7) is 0. The largest absolute Gasteiger partial charge is 0.356 e. The van der Waals surface area contributed by atoms with Crippen molar-refractivity contribution >= 4 is 21.4 Å². The Hall–Kier alpha value is -1.33. The number of hydrogen-bond acceptors (Lipinski definition) is 4. The molecule has 0 spiro atoms. The quantitative estimate of drug-likeness (QED) is 0.725. The molecule has 0 bridgehead atoms. The van der Waals surface area contributed by atoms with Gasteiger partial charge in [0.2, 0.25) is 0 Å². The summed E-state index contributed by atoms with van der Waals surface area (Å²) in [4.78, 5) is 0.251. The van der Waals surface area contributed by atoms with Gasteiger partial charge in [0.1, 0.15) is 0 Å². The highest BCUT2D eigenvalue weighted by Gasteiger charge is 2.30. The molecule has 82 valence electrons. The predicted molar refractivity (Wildman–Crippen MR) is 57.8 cm³/mol. The lowest BCUT2D eigenvalue weighted by Gasteiger charge is -2.14. The normalized spacial score (nSPS) is 16.6. The summed E-state index contributed by atoms with van der Waals surface area (Å²) in [6, 6.07) is 4.63. The summed E-state index contributed by atoms with van der Waals surface area (Å²) < 4.78 is 28.9. The molecule has 4 nitrogen and oxygen atoms in total. The molecule has 1 aliphatic heterocycles. The van der Waals surface area contributed by atoms with E-state index in [0.717, 1.165) is 0 Å². The first-order valence-electron chi connectivity index (χ1n) is 4.54. The Balaban J connectivity index is 2.43. The van der Waals surface area contributed by atoms with Crippen molar-refractivity contribution in [3.05, 3.63) is 35.0 Å². The first kappa shape index (κ1) is 9.86. The molecule has 0 amide bonds. The van der Waals surface area contributed by atoms with Crippen LogP contribution in [0.5, 0.6) is 0 Å². The van der Waals surface area contributed by atoms with Crippen molar-refractivity contribution in [2.24, 2.45) is 0 Å². The highest BCUT2D eigenvalue weighted by molar-refractivity contribution is 7.90. The van der Waals surface area contributed by atoms with Crippen LogP contribution in [0.15, 0.2) is 33.8 Å². The van der Waals surface area contributed by atoms with Crippen LogP contribution in [0.25, 0.3) is 11.3 Å². The van der Waals surface area contributed by atoms with Crippen LogP contribution in [0.3, 0.4) is 0 Å². The van der Waals surface area contributed by atoms with Gasteiger partial charge in [-0.1, -0.05) is 16.8 Å². The lowest BCUT2D eigenvalue weighted by molar-refractivity contribution is 0.430. The minimum atomic E-state index is -3.30. The van der Waals surface area contributed by atoms with Crippen molar-refractivity contribution in [3.63, 3.8) is 0 Å². The fourth-order valence-corrected chi connectivity index (χ4v) is 3.52. The van der Waals surface area contributed by atoms with Gasteiger partial charge in [0.15, 0.2) is 15.6 Å². The van der Waals surface area contributed by atoms with E-state index in [2.05, 4.69) is 5.16 Å². The van der Waals surface area contributed by atoms with Crippen LogP contribution in [0.2, 0.25) is 5.02 Å². The van der Waals surface area contributed by atoms with E-state index in [1.165, 1.54) is 12.3 Å². The van der Waals surface area contributed by atoms with Crippen molar-refractivity contribution in [1.29, 1.82) is 0 Å². The summed E-state index contributed by atoms with van der Waals surface area (Å²) in [5, 5.41) is 4.09. The maximum absolute atomic E-state index is 11.9. The molecule has 1 aliphatic rings. The summed E-state index contributed by atoms with van der Waals surface area (Å²) in [6.07, 6.45) is 1.43. The molecule has 1 aromatic carbocycles. The number of hydrogen-bond donors (Lipinski definition) is 0. The van der Waals surface area contributed by atoms with Crippen LogP contribution in [-0.4, -0.2) is 13.6 Å². The van der Waals surface area contributed by atoms with Gasteiger partial charge in [0.25, 0.3) is 0 Å². The molecule has 0 radical (unpaired) electrons. The van der Waals surface area contributed by atoms with Crippen molar-refractivity contribution < 1.29 is 12.9 Å². The van der Waals surface area contributed by atoms with Crippen LogP contribution in [0.1, 0.15) is 5.56 Å². The van der Waals surface area contributed by atoms with Crippen LogP contribution in [0, 0.1) is 0 Å². The van der Waals surface area contributed by atoms with E-state index in [4.69, 9.17) is 16.1 Å². The summed E-state index contributed by atoms with van der Waals surface area (Å²) >= 11 is 5.85. The number of fused-ring (bicyclic) bond motifs is 3. The highest BCUT2D eigenvalue weighted by atomic mass is 35.5. The van der Waals surface area contributed by atoms with Gasteiger partial charge < -0.3 is 4.52 Å². The van der Waals surface area contributed by atoms with E-state index < -0.39 is 9.84 Å². The molecule has 0 fully saturated rings. The van der Waals surface area contributed by atoms with Crippen LogP contribution < -0.4 is 0 Å². The Bertz CT molecular complexity index is 675. The maximum atomic E-state index is 11.9. The second-order valence-electron chi connectivity index (χ2n) is 3.58. The molecule has 0 aliphatic carbocycles. The third-order valence-electron chi connectivity index (χ3n) is 2.51. The van der Waals surface area contributed by atoms with E-state index >= 15 is 0 Å². The zero-order valence-corrected chi connectivity index (χ0v) is 9.55. The van der Waals surface area contributed by atoms with Gasteiger partial charge in [0.05, 0.1) is 16.8 Å². The smallest absolute Gasteiger partial charge is 0.183 e. The van der Waals surface area contributed by atoms with E-state index in [1.54, 1.807) is 12.1 Å². The molecule has 3 rings (SSSR count). The van der Waals surface area contributed by atoms with Crippen molar-refractivity contribution in [2.75, 3.05) is 0 Å². The number of aromatic nitrogens is 1. The van der Waals surface area contributed by atoms with Gasteiger partial charge in [-0.2, -0.15) is 0 Å². The molecule has 0 saturated carbocycles. The zero-order valence-electron chi connectivity index (χ0n) is 7.97. The molecular weight excluding hydrogens is 250 g/mol. The van der Waals surface area contributed by atoms with E-state index in [0.29, 0.717) is 21.9 Å². The van der Waals surface area contributed by atoms with E-state index in [1.807, 2.05) is 0 Å². The minimum absolute atomic E-state index is 0.0690. The van der Waals surface area contributed by atoms with Crippen molar-refractivity contribution in [1.82, 2.24) is 5.16 Å². The average molecular weight is 256 g/mol. The molecule has 6 heteroatoms. The second kappa shape index (κ2) is 3.09. The third kappa shape index (κ3) is 1.28. The Labute approximate surface area is 96.7 Å². The molecule has 0 unspecified atom stereocenters. The number of halogens is 1. The third-order valence-corrected chi connectivity index (χ3v) is 4.46. The van der Waals surface area contributed by atoms with Gasteiger partial charge in [-0.3, -0.25) is 0 Å². The monoisotopic (exact) mass is 255 g/mol. The Kier molecular flexibility index (Phi) is 1.90. The average Bonchev–Trinajstić information content (AvgIpc) is 2.64. The zero-order chi connectivity index (χ0) is 11.3. The SMILES string of the molecule is O=S1(=O)Cc2cnoc2-c2cc(Cl)ccc21. The predicted octanol–water partition coefficient (Wildman–Crippen LogP) is 2.28. The number of sulfone groups is 1. The molecule has 2 aromatic rings. The Morgan fingerprint density at radius 2 is 2.19 bits per heavy atom. The van der Waals surface area contributed by atoms with E-state index in [-0.39, 0.29) is 10.6 Å². The number of rotatable bonds is 0. The lowest BCUT2D eigenvalue weighted by Crippen LogP contribution is -2.11.